The summed E-state index contributed by atoms with van der Waals surface area (Å²) < 4.78 is 0. The van der Waals surface area contributed by atoms with Gasteiger partial charge in [0, 0.05) is 16.7 Å². The van der Waals surface area contributed by atoms with E-state index in [2.05, 4.69) is 17.6 Å². The average Bonchev–Trinajstić information content (AvgIpc) is 2.23. The van der Waals surface area contributed by atoms with E-state index in [0.717, 1.165) is 16.0 Å². The van der Waals surface area contributed by atoms with Crippen LogP contribution in [0, 0.1) is 0 Å². The third-order valence-corrected chi connectivity index (χ3v) is 3.20. The topological polar surface area (TPSA) is 12.9 Å². The SMILES string of the molecule is Sc1ccccc1-c1ccnc(Cl)c1Cl.[NaH]. The van der Waals surface area contributed by atoms with E-state index in [1.54, 1.807) is 6.20 Å². The molecule has 0 spiro atoms. The van der Waals surface area contributed by atoms with Crippen LogP contribution >= 0.6 is 35.8 Å². The first-order valence-corrected chi connectivity index (χ1v) is 5.49. The van der Waals surface area contributed by atoms with Crippen LogP contribution in [-0.2, 0) is 0 Å². The van der Waals surface area contributed by atoms with Gasteiger partial charge in [-0.05, 0) is 17.7 Å². The van der Waals surface area contributed by atoms with E-state index in [9.17, 15) is 0 Å². The molecule has 1 nitrogen and oxygen atoms in total. The number of halogens is 2. The van der Waals surface area contributed by atoms with Crippen LogP contribution in [-0.4, -0.2) is 34.5 Å². The quantitative estimate of drug-likeness (QED) is 0.477. The van der Waals surface area contributed by atoms with Crippen molar-refractivity contribution >= 4 is 65.4 Å². The molecule has 0 bridgehead atoms. The zero-order valence-corrected chi connectivity index (χ0v) is 10.0. The van der Waals surface area contributed by atoms with Gasteiger partial charge in [-0.15, -0.1) is 12.6 Å². The summed E-state index contributed by atoms with van der Waals surface area (Å²) >= 11 is 16.3. The number of thiol groups is 1. The van der Waals surface area contributed by atoms with Crippen molar-refractivity contribution in [3.63, 3.8) is 0 Å². The molecule has 0 amide bonds. The normalized spacial score (nSPS) is 9.69. The number of rotatable bonds is 1. The van der Waals surface area contributed by atoms with Crippen LogP contribution in [0.25, 0.3) is 11.1 Å². The van der Waals surface area contributed by atoms with Gasteiger partial charge in [0.05, 0.1) is 5.02 Å². The molecule has 1 aromatic heterocycles. The molecular formula is C11H8Cl2NNaS. The molecule has 2 aromatic rings. The summed E-state index contributed by atoms with van der Waals surface area (Å²) in [5.41, 5.74) is 1.80. The molecule has 1 heterocycles. The van der Waals surface area contributed by atoms with E-state index in [-0.39, 0.29) is 29.6 Å². The monoisotopic (exact) mass is 279 g/mol. The average molecular weight is 280 g/mol. The second kappa shape index (κ2) is 6.29. The minimum atomic E-state index is 0. The van der Waals surface area contributed by atoms with Gasteiger partial charge in [-0.2, -0.15) is 0 Å². The maximum absolute atomic E-state index is 6.07. The number of pyridine rings is 1. The van der Waals surface area contributed by atoms with Crippen molar-refractivity contribution in [2.24, 2.45) is 0 Å². The molecule has 0 aliphatic carbocycles. The van der Waals surface area contributed by atoms with E-state index in [1.807, 2.05) is 30.3 Å². The first-order valence-electron chi connectivity index (χ1n) is 4.28. The fourth-order valence-corrected chi connectivity index (χ4v) is 1.98. The van der Waals surface area contributed by atoms with Crippen molar-refractivity contribution in [1.29, 1.82) is 0 Å². The fourth-order valence-electron chi connectivity index (χ4n) is 1.33. The van der Waals surface area contributed by atoms with Crippen molar-refractivity contribution in [3.8, 4) is 11.1 Å². The second-order valence-corrected chi connectivity index (χ2v) is 4.20. The van der Waals surface area contributed by atoms with Crippen LogP contribution in [0.2, 0.25) is 10.2 Å². The zero-order chi connectivity index (χ0) is 10.8. The molecule has 0 atom stereocenters. The van der Waals surface area contributed by atoms with Crippen LogP contribution in [0.15, 0.2) is 41.4 Å². The van der Waals surface area contributed by atoms with Gasteiger partial charge in [0.1, 0.15) is 5.15 Å². The van der Waals surface area contributed by atoms with E-state index in [1.165, 1.54) is 0 Å². The van der Waals surface area contributed by atoms with Gasteiger partial charge < -0.3 is 0 Å². The van der Waals surface area contributed by atoms with Crippen LogP contribution in [0.5, 0.6) is 0 Å². The van der Waals surface area contributed by atoms with E-state index in [0.29, 0.717) is 10.2 Å². The predicted molar refractivity (Wildman–Crippen MR) is 74.1 cm³/mol. The van der Waals surface area contributed by atoms with Gasteiger partial charge in [-0.1, -0.05) is 41.4 Å². The van der Waals surface area contributed by atoms with E-state index >= 15 is 0 Å². The Bertz CT molecular complexity index is 505. The molecule has 0 saturated heterocycles. The van der Waals surface area contributed by atoms with Crippen molar-refractivity contribution in [3.05, 3.63) is 46.7 Å². The van der Waals surface area contributed by atoms with Crippen molar-refractivity contribution in [2.75, 3.05) is 0 Å². The van der Waals surface area contributed by atoms with Gasteiger partial charge in [-0.25, -0.2) is 4.98 Å². The summed E-state index contributed by atoms with van der Waals surface area (Å²) in [6, 6.07) is 9.52. The number of nitrogens with zero attached hydrogens (tertiary/aromatic N) is 1. The Morgan fingerprint density at radius 3 is 2.38 bits per heavy atom. The Morgan fingerprint density at radius 1 is 1.00 bits per heavy atom. The van der Waals surface area contributed by atoms with Crippen LogP contribution < -0.4 is 0 Å². The Labute approximate surface area is 132 Å². The Morgan fingerprint density at radius 2 is 1.69 bits per heavy atom. The van der Waals surface area contributed by atoms with E-state index in [4.69, 9.17) is 23.2 Å². The third-order valence-electron chi connectivity index (χ3n) is 2.04. The molecule has 0 N–H and O–H groups in total. The molecular weight excluding hydrogens is 272 g/mol. The molecule has 0 unspecified atom stereocenters. The van der Waals surface area contributed by atoms with Gasteiger partial charge in [-0.3, -0.25) is 0 Å². The predicted octanol–water partition coefficient (Wildman–Crippen LogP) is 3.70. The molecule has 16 heavy (non-hydrogen) atoms. The second-order valence-electron chi connectivity index (χ2n) is 2.98. The first-order chi connectivity index (χ1) is 7.20. The fraction of sp³-hybridized carbons (Fsp3) is 0. The van der Waals surface area contributed by atoms with Crippen LogP contribution in [0.1, 0.15) is 0 Å². The summed E-state index contributed by atoms with van der Waals surface area (Å²) in [6.45, 7) is 0. The summed E-state index contributed by atoms with van der Waals surface area (Å²) in [5.74, 6) is 0. The Balaban J connectivity index is 0.00000128. The van der Waals surface area contributed by atoms with Gasteiger partial charge >= 0.3 is 29.6 Å². The van der Waals surface area contributed by atoms with Crippen LogP contribution in [0.3, 0.4) is 0 Å². The van der Waals surface area contributed by atoms with Crippen LogP contribution in [0.4, 0.5) is 0 Å². The summed E-state index contributed by atoms with van der Waals surface area (Å²) in [7, 11) is 0. The summed E-state index contributed by atoms with van der Waals surface area (Å²) in [6.07, 6.45) is 1.63. The Kier molecular flexibility index (Phi) is 5.65. The van der Waals surface area contributed by atoms with Crippen molar-refractivity contribution in [1.82, 2.24) is 4.98 Å². The molecule has 5 heteroatoms. The zero-order valence-electron chi connectivity index (χ0n) is 7.61. The molecule has 0 saturated carbocycles. The van der Waals surface area contributed by atoms with Gasteiger partial charge in [0.2, 0.25) is 0 Å². The molecule has 0 aliphatic heterocycles. The number of aromatic nitrogens is 1. The molecule has 0 aliphatic rings. The van der Waals surface area contributed by atoms with Crippen molar-refractivity contribution < 1.29 is 0 Å². The third kappa shape index (κ3) is 2.95. The number of hydrogen-bond donors (Lipinski definition) is 1. The Hall–Kier alpha value is 0.300. The minimum absolute atomic E-state index is 0. The summed E-state index contributed by atoms with van der Waals surface area (Å²) in [5, 5.41) is 0.770. The van der Waals surface area contributed by atoms with E-state index < -0.39 is 0 Å². The first kappa shape index (κ1) is 14.4. The van der Waals surface area contributed by atoms with Gasteiger partial charge in [0.15, 0.2) is 0 Å². The van der Waals surface area contributed by atoms with Gasteiger partial charge in [0.25, 0.3) is 0 Å². The maximum atomic E-state index is 6.07. The molecule has 78 valence electrons. The molecule has 2 rings (SSSR count). The molecule has 0 fully saturated rings. The van der Waals surface area contributed by atoms with Crippen molar-refractivity contribution in [2.45, 2.75) is 4.90 Å². The number of benzene rings is 1. The number of hydrogen-bond acceptors (Lipinski definition) is 2. The standard InChI is InChI=1S/C11H7Cl2NS.Na.H/c12-10-8(5-6-14-11(10)13)7-3-1-2-4-9(7)15;;/h1-6,15H;;. The summed E-state index contributed by atoms with van der Waals surface area (Å²) in [4.78, 5) is 4.77. The molecule has 0 radical (unpaired) electrons. The molecule has 1 aromatic carbocycles.